The van der Waals surface area contributed by atoms with Crippen LogP contribution in [0.15, 0.2) is 48.8 Å². The van der Waals surface area contributed by atoms with Crippen molar-refractivity contribution in [3.63, 3.8) is 0 Å². The lowest BCUT2D eigenvalue weighted by Gasteiger charge is -2.12. The number of aromatic nitrogens is 1. The van der Waals surface area contributed by atoms with Crippen LogP contribution < -0.4 is 47.4 Å². The van der Waals surface area contributed by atoms with E-state index >= 15 is 0 Å². The van der Waals surface area contributed by atoms with Crippen LogP contribution in [-0.4, -0.2) is 19.1 Å². The summed E-state index contributed by atoms with van der Waals surface area (Å²) in [6.07, 6.45) is 3.69. The number of nitrogens with one attached hydrogen (secondary N) is 1. The van der Waals surface area contributed by atoms with Gasteiger partial charge in [-0.1, -0.05) is 18.2 Å². The van der Waals surface area contributed by atoms with Gasteiger partial charge < -0.3 is 47.4 Å². The summed E-state index contributed by atoms with van der Waals surface area (Å²) in [5, 5.41) is 3.41. The molecule has 0 aliphatic heterocycles. The summed E-state index contributed by atoms with van der Waals surface area (Å²) in [7, 11) is 4.10. The summed E-state index contributed by atoms with van der Waals surface area (Å²) in [5.74, 6) is 0. The van der Waals surface area contributed by atoms with Crippen LogP contribution in [0.1, 0.15) is 11.1 Å². The molecule has 0 saturated carbocycles. The zero-order valence-electron chi connectivity index (χ0n) is 12.1. The fourth-order valence-corrected chi connectivity index (χ4v) is 1.77. The highest BCUT2D eigenvalue weighted by molar-refractivity contribution is 5.45. The van der Waals surface area contributed by atoms with Gasteiger partial charge in [0.2, 0.25) is 0 Å². The molecule has 1 aromatic carbocycles. The molecule has 0 spiro atoms. The van der Waals surface area contributed by atoms with E-state index in [-0.39, 0.29) is 37.2 Å². The fraction of sp³-hybridized carbons (Fsp3) is 0.267. The Morgan fingerprint density at radius 2 is 1.52 bits per heavy atom. The van der Waals surface area contributed by atoms with E-state index in [4.69, 9.17) is 0 Å². The minimum Gasteiger partial charge on any atom is -1.00 e. The van der Waals surface area contributed by atoms with Crippen molar-refractivity contribution in [2.75, 3.05) is 19.0 Å². The Morgan fingerprint density at radius 3 is 2.05 bits per heavy atom. The molecular weight excluding hydrogens is 329 g/mol. The number of hydrogen-bond acceptors (Lipinski definition) is 3. The van der Waals surface area contributed by atoms with Gasteiger partial charge in [-0.05, 0) is 29.3 Å². The van der Waals surface area contributed by atoms with E-state index in [1.165, 1.54) is 16.8 Å². The highest BCUT2D eigenvalue weighted by atomic mass is 35.5. The molecule has 0 aliphatic rings. The van der Waals surface area contributed by atoms with Crippen molar-refractivity contribution in [2.45, 2.75) is 13.1 Å². The van der Waals surface area contributed by atoms with Gasteiger partial charge in [0.05, 0.1) is 0 Å². The number of benzene rings is 1. The van der Waals surface area contributed by atoms with Gasteiger partial charge in [-0.2, -0.15) is 0 Å². The summed E-state index contributed by atoms with van der Waals surface area (Å²) in [6, 6.07) is 12.6. The quantitative estimate of drug-likeness (QED) is 0.583. The molecule has 0 unspecified atom stereocenters. The second-order valence-corrected chi connectivity index (χ2v) is 4.53. The number of halogens is 3. The summed E-state index contributed by atoms with van der Waals surface area (Å²) in [5.41, 5.74) is 3.73. The molecular formula is C15H19Cl3N3-3. The Labute approximate surface area is 145 Å². The van der Waals surface area contributed by atoms with E-state index in [0.717, 1.165) is 13.1 Å². The molecule has 0 fully saturated rings. The Morgan fingerprint density at radius 1 is 0.905 bits per heavy atom. The maximum atomic E-state index is 4.10. The van der Waals surface area contributed by atoms with Crippen LogP contribution in [0, 0.1) is 0 Å². The van der Waals surface area contributed by atoms with E-state index in [2.05, 4.69) is 59.6 Å². The molecule has 1 aromatic heterocycles. The first kappa shape index (κ1) is 22.3. The fourth-order valence-electron chi connectivity index (χ4n) is 1.77. The van der Waals surface area contributed by atoms with Gasteiger partial charge in [0, 0.05) is 45.3 Å². The Hall–Kier alpha value is -1.000. The Bertz CT molecular complexity index is 475. The van der Waals surface area contributed by atoms with Crippen molar-refractivity contribution in [1.82, 2.24) is 10.3 Å². The zero-order chi connectivity index (χ0) is 12.8. The molecule has 0 radical (unpaired) electrons. The first-order valence-electron chi connectivity index (χ1n) is 6.11. The second-order valence-electron chi connectivity index (χ2n) is 4.53. The number of anilines is 1. The van der Waals surface area contributed by atoms with Crippen molar-refractivity contribution in [2.24, 2.45) is 0 Å². The third-order valence-corrected chi connectivity index (χ3v) is 2.83. The number of hydrogen-bond donors (Lipinski definition) is 1. The SMILES string of the molecule is CN(C)c1ccc(CNCc2cccnc2)cc1.[Cl-].[Cl-].[Cl-]. The van der Waals surface area contributed by atoms with Gasteiger partial charge in [-0.3, -0.25) is 4.98 Å². The molecule has 2 aromatic rings. The molecule has 0 amide bonds. The normalized spacial score (nSPS) is 8.86. The lowest BCUT2D eigenvalue weighted by Crippen LogP contribution is -3.00. The van der Waals surface area contributed by atoms with Crippen molar-refractivity contribution >= 4 is 5.69 Å². The molecule has 0 saturated heterocycles. The highest BCUT2D eigenvalue weighted by Gasteiger charge is 1.96. The molecule has 21 heavy (non-hydrogen) atoms. The topological polar surface area (TPSA) is 28.2 Å². The van der Waals surface area contributed by atoms with E-state index in [9.17, 15) is 0 Å². The van der Waals surface area contributed by atoms with Gasteiger partial charge in [-0.25, -0.2) is 0 Å². The second kappa shape index (κ2) is 11.6. The van der Waals surface area contributed by atoms with Crippen LogP contribution in [0.25, 0.3) is 0 Å². The van der Waals surface area contributed by atoms with Crippen LogP contribution in [0.5, 0.6) is 0 Å². The Balaban J connectivity index is 0. The maximum Gasteiger partial charge on any atom is 0.0361 e. The maximum absolute atomic E-state index is 4.10. The third kappa shape index (κ3) is 7.53. The third-order valence-electron chi connectivity index (χ3n) is 2.83. The van der Waals surface area contributed by atoms with E-state index in [1.54, 1.807) is 6.20 Å². The van der Waals surface area contributed by atoms with Crippen molar-refractivity contribution in [1.29, 1.82) is 0 Å². The first-order chi connectivity index (χ1) is 8.75. The molecule has 0 atom stereocenters. The van der Waals surface area contributed by atoms with Crippen LogP contribution in [0.4, 0.5) is 5.69 Å². The summed E-state index contributed by atoms with van der Waals surface area (Å²) in [6.45, 7) is 1.73. The van der Waals surface area contributed by atoms with Gasteiger partial charge in [0.1, 0.15) is 0 Å². The number of pyridine rings is 1. The smallest absolute Gasteiger partial charge is 0.0361 e. The summed E-state index contributed by atoms with van der Waals surface area (Å²) >= 11 is 0. The average Bonchev–Trinajstić information content (AvgIpc) is 2.40. The molecule has 118 valence electrons. The largest absolute Gasteiger partial charge is 1.00 e. The average molecular weight is 348 g/mol. The molecule has 1 heterocycles. The molecule has 0 aliphatic carbocycles. The number of nitrogens with zero attached hydrogens (tertiary/aromatic N) is 2. The molecule has 0 bridgehead atoms. The molecule has 3 nitrogen and oxygen atoms in total. The van der Waals surface area contributed by atoms with Gasteiger partial charge in [0.15, 0.2) is 0 Å². The predicted molar refractivity (Wildman–Crippen MR) is 75.5 cm³/mol. The molecule has 6 heteroatoms. The van der Waals surface area contributed by atoms with E-state index in [0.29, 0.717) is 0 Å². The van der Waals surface area contributed by atoms with E-state index in [1.807, 2.05) is 12.3 Å². The van der Waals surface area contributed by atoms with Gasteiger partial charge in [0.25, 0.3) is 0 Å². The van der Waals surface area contributed by atoms with Gasteiger partial charge in [-0.15, -0.1) is 0 Å². The predicted octanol–water partition coefficient (Wildman–Crippen LogP) is -6.55. The van der Waals surface area contributed by atoms with Crippen LogP contribution in [0.3, 0.4) is 0 Å². The monoisotopic (exact) mass is 346 g/mol. The van der Waals surface area contributed by atoms with Crippen LogP contribution in [-0.2, 0) is 13.1 Å². The highest BCUT2D eigenvalue weighted by Crippen LogP contribution is 2.12. The zero-order valence-corrected chi connectivity index (χ0v) is 14.3. The van der Waals surface area contributed by atoms with Crippen molar-refractivity contribution in [3.05, 3.63) is 59.9 Å². The van der Waals surface area contributed by atoms with Gasteiger partial charge >= 0.3 is 0 Å². The summed E-state index contributed by atoms with van der Waals surface area (Å²) in [4.78, 5) is 6.20. The standard InChI is InChI=1S/C15H19N3.3ClH/c1-18(2)15-7-5-13(6-8-15)10-17-12-14-4-3-9-16-11-14;;;/h3-9,11,17H,10,12H2,1-2H3;3*1H/p-3. The minimum atomic E-state index is 0. The first-order valence-corrected chi connectivity index (χ1v) is 6.11. The lowest BCUT2D eigenvalue weighted by atomic mass is 10.2. The van der Waals surface area contributed by atoms with E-state index < -0.39 is 0 Å². The van der Waals surface area contributed by atoms with Crippen molar-refractivity contribution < 1.29 is 37.2 Å². The summed E-state index contributed by atoms with van der Waals surface area (Å²) < 4.78 is 0. The minimum absolute atomic E-state index is 0. The van der Waals surface area contributed by atoms with Crippen LogP contribution >= 0.6 is 0 Å². The molecule has 1 N–H and O–H groups in total. The molecule has 2 rings (SSSR count). The van der Waals surface area contributed by atoms with Crippen LogP contribution in [0.2, 0.25) is 0 Å². The Kier molecular flexibility index (Phi) is 12.3. The van der Waals surface area contributed by atoms with Crippen molar-refractivity contribution in [3.8, 4) is 0 Å². The number of rotatable bonds is 5. The lowest BCUT2D eigenvalue weighted by molar-refractivity contribution is -0.001000.